The minimum atomic E-state index is -1.30. The van der Waals surface area contributed by atoms with Gasteiger partial charge in [-0.3, -0.25) is 14.4 Å². The number of likely N-dealkylation sites (N-methyl/N-ethyl adjacent to an activating group) is 1. The van der Waals surface area contributed by atoms with E-state index in [1.165, 1.54) is 7.11 Å². The van der Waals surface area contributed by atoms with Crippen LogP contribution < -0.4 is 0 Å². The van der Waals surface area contributed by atoms with Crippen molar-refractivity contribution in [2.24, 2.45) is 29.6 Å². The molecule has 1 N–H and O–H groups in total. The Hall–Kier alpha value is -2.90. The van der Waals surface area contributed by atoms with Crippen LogP contribution in [0.2, 0.25) is 0 Å². The molecule has 286 valence electrons. The molecular formula is C39H59NO11. The number of esters is 3. The maximum absolute atomic E-state index is 14.2. The number of rotatable bonds is 7. The maximum atomic E-state index is 14.2. The minimum Gasteiger partial charge on any atom is -0.458 e. The summed E-state index contributed by atoms with van der Waals surface area (Å²) in [5.74, 6) is -5.29. The van der Waals surface area contributed by atoms with E-state index >= 15 is 0 Å². The van der Waals surface area contributed by atoms with Crippen molar-refractivity contribution < 1.29 is 52.7 Å². The van der Waals surface area contributed by atoms with Crippen molar-refractivity contribution >= 4 is 23.7 Å². The fourth-order valence-corrected chi connectivity index (χ4v) is 8.52. The Morgan fingerprint density at radius 1 is 1.02 bits per heavy atom. The Morgan fingerprint density at radius 3 is 2.25 bits per heavy atom. The van der Waals surface area contributed by atoms with Gasteiger partial charge in [-0.15, -0.1) is 0 Å². The number of hydrogen-bond acceptors (Lipinski definition) is 12. The molecule has 12 nitrogen and oxygen atoms in total. The van der Waals surface area contributed by atoms with Crippen molar-refractivity contribution in [2.45, 2.75) is 135 Å². The molecule has 3 saturated heterocycles. The number of fused-ring (bicyclic) bond motifs is 1. The van der Waals surface area contributed by atoms with Crippen molar-refractivity contribution in [3.63, 3.8) is 0 Å². The van der Waals surface area contributed by atoms with Gasteiger partial charge in [-0.25, -0.2) is 4.79 Å². The molecule has 0 radical (unpaired) electrons. The molecule has 0 spiro atoms. The second kappa shape index (κ2) is 16.4. The van der Waals surface area contributed by atoms with Crippen LogP contribution in [-0.4, -0.2) is 109 Å². The lowest BCUT2D eigenvalue weighted by Crippen LogP contribution is -2.60. The summed E-state index contributed by atoms with van der Waals surface area (Å²) >= 11 is 0. The lowest BCUT2D eigenvalue weighted by atomic mass is 9.70. The zero-order valence-electron chi connectivity index (χ0n) is 32.1. The third kappa shape index (κ3) is 8.51. The number of ether oxygens (including phenoxy) is 6. The summed E-state index contributed by atoms with van der Waals surface area (Å²) in [6.07, 6.45) is -4.29. The molecule has 0 bridgehead atoms. The Morgan fingerprint density at radius 2 is 1.67 bits per heavy atom. The zero-order valence-corrected chi connectivity index (χ0v) is 32.1. The van der Waals surface area contributed by atoms with Crippen LogP contribution >= 0.6 is 0 Å². The molecule has 3 aliphatic heterocycles. The van der Waals surface area contributed by atoms with E-state index in [0.717, 1.165) is 0 Å². The Bertz CT molecular complexity index is 1390. The molecule has 0 amide bonds. The molecule has 0 saturated carbocycles. The summed E-state index contributed by atoms with van der Waals surface area (Å²) in [6, 6.07) is 8.38. The van der Waals surface area contributed by atoms with Crippen LogP contribution in [-0.2, 0) is 42.8 Å². The van der Waals surface area contributed by atoms with E-state index < -0.39 is 89.4 Å². The van der Waals surface area contributed by atoms with Crippen LogP contribution in [0.3, 0.4) is 0 Å². The van der Waals surface area contributed by atoms with Crippen LogP contribution in [0, 0.1) is 29.6 Å². The molecule has 51 heavy (non-hydrogen) atoms. The topological polar surface area (TPSA) is 147 Å². The van der Waals surface area contributed by atoms with Gasteiger partial charge in [0.05, 0.1) is 47.9 Å². The summed E-state index contributed by atoms with van der Waals surface area (Å²) in [5.41, 5.74) is -2.07. The fourth-order valence-electron chi connectivity index (χ4n) is 8.52. The number of nitrogens with zero attached hydrogens (tertiary/aromatic N) is 1. The first kappa shape index (κ1) is 40.9. The summed E-state index contributed by atoms with van der Waals surface area (Å²) in [7, 11) is 5.31. The number of benzene rings is 1. The van der Waals surface area contributed by atoms with Crippen molar-refractivity contribution in [2.75, 3.05) is 21.2 Å². The van der Waals surface area contributed by atoms with Gasteiger partial charge >= 0.3 is 17.9 Å². The summed E-state index contributed by atoms with van der Waals surface area (Å²) in [6.45, 7) is 14.2. The van der Waals surface area contributed by atoms with Crippen LogP contribution in [0.5, 0.6) is 0 Å². The average Bonchev–Trinajstić information content (AvgIpc) is 3.42. The van der Waals surface area contributed by atoms with Gasteiger partial charge in [-0.2, -0.15) is 0 Å². The van der Waals surface area contributed by atoms with E-state index in [9.17, 15) is 24.3 Å². The number of Topliss-reactive ketones (excluding diaryl/α,β-unsaturated/α-hetero) is 1. The van der Waals surface area contributed by atoms with E-state index in [4.69, 9.17) is 28.4 Å². The Labute approximate surface area is 302 Å². The lowest BCUT2D eigenvalue weighted by Gasteiger charge is -2.48. The van der Waals surface area contributed by atoms with Gasteiger partial charge in [0.15, 0.2) is 12.4 Å². The first-order valence-electron chi connectivity index (χ1n) is 18.3. The monoisotopic (exact) mass is 717 g/mol. The highest BCUT2D eigenvalue weighted by atomic mass is 16.7. The zero-order chi connectivity index (χ0) is 38.0. The fraction of sp³-hybridized carbons (Fsp3) is 0.744. The first-order valence-corrected chi connectivity index (χ1v) is 18.3. The van der Waals surface area contributed by atoms with E-state index in [1.807, 2.05) is 52.8 Å². The minimum absolute atomic E-state index is 0.0139. The number of methoxy groups -OCH3 is 1. The van der Waals surface area contributed by atoms with Gasteiger partial charge in [-0.1, -0.05) is 45.9 Å². The first-order chi connectivity index (χ1) is 23.9. The third-order valence-corrected chi connectivity index (χ3v) is 11.7. The lowest BCUT2D eigenvalue weighted by molar-refractivity contribution is -0.300. The standard InChI is InChI=1S/C39H59NO11/c1-12-29-39(8)27(19-30(41)51-39)23(4)31(42)21(2)20-38(7,46-11)34(24(5)32(43)25(6)35(44)48-29)50-37-33(28(40(9)10)18-22(3)47-37)49-36(45)26-16-14-13-15-17-26/h13-17,21-25,27-29,32-34,37,43H,12,18-20H2,1-11H3/t21-,22-,23-,24+,25-,27-,28+,29-,32+,33-,34-,37+,38-,39+/m1/s1. The molecule has 4 rings (SSSR count). The smallest absolute Gasteiger partial charge is 0.338 e. The number of aliphatic hydroxyl groups is 1. The van der Waals surface area contributed by atoms with E-state index in [0.29, 0.717) is 18.4 Å². The number of ketones is 1. The molecule has 3 fully saturated rings. The van der Waals surface area contributed by atoms with Crippen LogP contribution in [0.25, 0.3) is 0 Å². The highest BCUT2D eigenvalue weighted by molar-refractivity contribution is 5.89. The molecule has 1 aromatic carbocycles. The largest absolute Gasteiger partial charge is 0.458 e. The molecule has 3 heterocycles. The van der Waals surface area contributed by atoms with Gasteiger partial charge in [0, 0.05) is 30.8 Å². The van der Waals surface area contributed by atoms with Crippen LogP contribution in [0.1, 0.15) is 91.4 Å². The third-order valence-electron chi connectivity index (χ3n) is 11.7. The number of aliphatic hydroxyl groups excluding tert-OH is 1. The average molecular weight is 718 g/mol. The molecule has 0 unspecified atom stereocenters. The second-order valence-electron chi connectivity index (χ2n) is 15.6. The van der Waals surface area contributed by atoms with Crippen molar-refractivity contribution in [1.82, 2.24) is 4.90 Å². The normalized spacial score (nSPS) is 41.3. The quantitative estimate of drug-likeness (QED) is 0.311. The molecule has 1 aromatic rings. The summed E-state index contributed by atoms with van der Waals surface area (Å²) in [4.78, 5) is 56.1. The van der Waals surface area contributed by atoms with E-state index in [2.05, 4.69) is 0 Å². The molecule has 0 aliphatic carbocycles. The SMILES string of the molecule is CC[C@H]1OC(=O)[C@H](C)[C@@H](O)[C@H](C)[C@@H](O[C@@H]2O[C@H](C)C[C@H](N(C)C)[C@H]2OC(=O)c2ccccc2)[C@](C)(OC)C[C@@H](C)C(=O)[C@H](C)[C@H]2CC(=O)O[C@@]21C. The van der Waals surface area contributed by atoms with Gasteiger partial charge in [-0.05, 0) is 73.2 Å². The van der Waals surface area contributed by atoms with E-state index in [-0.39, 0.29) is 30.8 Å². The van der Waals surface area contributed by atoms with E-state index in [1.54, 1.807) is 52.0 Å². The summed E-state index contributed by atoms with van der Waals surface area (Å²) in [5, 5.41) is 11.9. The molecule has 0 aromatic heterocycles. The molecular weight excluding hydrogens is 658 g/mol. The molecule has 12 heteroatoms. The van der Waals surface area contributed by atoms with Crippen molar-refractivity contribution in [1.29, 1.82) is 0 Å². The number of hydrogen-bond donors (Lipinski definition) is 1. The van der Waals surface area contributed by atoms with Crippen molar-refractivity contribution in [3.8, 4) is 0 Å². The van der Waals surface area contributed by atoms with Crippen molar-refractivity contribution in [3.05, 3.63) is 35.9 Å². The highest BCUT2D eigenvalue weighted by Gasteiger charge is 2.57. The number of carbonyl (C=O) groups is 4. The van der Waals surface area contributed by atoms with Gasteiger partial charge in [0.2, 0.25) is 0 Å². The van der Waals surface area contributed by atoms with Gasteiger partial charge < -0.3 is 38.4 Å². The predicted molar refractivity (Wildman–Crippen MR) is 187 cm³/mol. The predicted octanol–water partition coefficient (Wildman–Crippen LogP) is 4.59. The highest BCUT2D eigenvalue weighted by Crippen LogP contribution is 2.45. The maximum Gasteiger partial charge on any atom is 0.338 e. The van der Waals surface area contributed by atoms with Gasteiger partial charge in [0.25, 0.3) is 0 Å². The number of carbonyl (C=O) groups excluding carboxylic acids is 4. The van der Waals surface area contributed by atoms with Gasteiger partial charge in [0.1, 0.15) is 17.5 Å². The summed E-state index contributed by atoms with van der Waals surface area (Å²) < 4.78 is 37.5. The molecule has 14 atom stereocenters. The Kier molecular flexibility index (Phi) is 13.1. The number of cyclic esters (lactones) is 1. The van der Waals surface area contributed by atoms with Crippen LogP contribution in [0.4, 0.5) is 0 Å². The Balaban J connectivity index is 1.78. The second-order valence-corrected chi connectivity index (χ2v) is 15.6. The molecule has 3 aliphatic rings. The van der Waals surface area contributed by atoms with Crippen LogP contribution in [0.15, 0.2) is 30.3 Å².